The van der Waals surface area contributed by atoms with Gasteiger partial charge in [-0.15, -0.1) is 0 Å². The first-order valence-corrected chi connectivity index (χ1v) is 10.7. The molecule has 7 nitrogen and oxygen atoms in total. The standard InChI is InChI=1S/C22H21N3O4S/c1-15-6-5-11-25-14-19(23-22(15)25)16-7-4-8-17(12-16)24-30(26,27)21-13-18(28-2)9-10-20(21)29-3/h4-14,24H,1-3H3. The molecular formula is C22H21N3O4S. The summed E-state index contributed by atoms with van der Waals surface area (Å²) in [6.45, 7) is 2.00. The largest absolute Gasteiger partial charge is 0.497 e. The minimum absolute atomic E-state index is 0.00175. The number of nitrogens with zero attached hydrogens (tertiary/aromatic N) is 2. The normalized spacial score (nSPS) is 11.4. The summed E-state index contributed by atoms with van der Waals surface area (Å²) < 4.78 is 41.0. The van der Waals surface area contributed by atoms with Crippen molar-refractivity contribution in [2.24, 2.45) is 0 Å². The Bertz CT molecular complexity index is 1330. The number of hydrogen-bond acceptors (Lipinski definition) is 5. The quantitative estimate of drug-likeness (QED) is 0.504. The number of aryl methyl sites for hydroxylation is 1. The molecule has 2 heterocycles. The van der Waals surface area contributed by atoms with Crippen molar-refractivity contribution in [1.82, 2.24) is 9.38 Å². The van der Waals surface area contributed by atoms with Crippen molar-refractivity contribution in [2.45, 2.75) is 11.8 Å². The van der Waals surface area contributed by atoms with Gasteiger partial charge >= 0.3 is 0 Å². The van der Waals surface area contributed by atoms with Crippen molar-refractivity contribution >= 4 is 21.4 Å². The van der Waals surface area contributed by atoms with Gasteiger partial charge in [0.1, 0.15) is 22.0 Å². The Morgan fingerprint density at radius 2 is 1.83 bits per heavy atom. The van der Waals surface area contributed by atoms with Crippen LogP contribution in [0.5, 0.6) is 11.5 Å². The molecule has 0 spiro atoms. The summed E-state index contributed by atoms with van der Waals surface area (Å²) in [5.74, 6) is 0.653. The van der Waals surface area contributed by atoms with E-state index < -0.39 is 10.0 Å². The summed E-state index contributed by atoms with van der Waals surface area (Å²) in [6.07, 6.45) is 3.85. The number of fused-ring (bicyclic) bond motifs is 1. The van der Waals surface area contributed by atoms with Crippen LogP contribution in [0.3, 0.4) is 0 Å². The van der Waals surface area contributed by atoms with Gasteiger partial charge in [0.2, 0.25) is 0 Å². The third-order valence-electron chi connectivity index (χ3n) is 4.75. The van der Waals surface area contributed by atoms with E-state index in [2.05, 4.69) is 9.71 Å². The molecule has 0 saturated carbocycles. The SMILES string of the molecule is COc1ccc(OC)c(S(=O)(=O)Nc2cccc(-c3cn4cccc(C)c4n3)c2)c1. The van der Waals surface area contributed by atoms with E-state index in [1.807, 2.05) is 41.9 Å². The van der Waals surface area contributed by atoms with E-state index >= 15 is 0 Å². The molecule has 2 aromatic carbocycles. The van der Waals surface area contributed by atoms with Gasteiger partial charge in [0.05, 0.1) is 19.9 Å². The molecule has 0 radical (unpaired) electrons. The second-order valence-electron chi connectivity index (χ2n) is 6.75. The van der Waals surface area contributed by atoms with Crippen LogP contribution in [0.4, 0.5) is 5.69 Å². The molecule has 0 aliphatic heterocycles. The van der Waals surface area contributed by atoms with Crippen LogP contribution in [0.2, 0.25) is 0 Å². The zero-order chi connectivity index (χ0) is 21.3. The number of imidazole rings is 1. The van der Waals surface area contributed by atoms with Crippen LogP contribution in [-0.4, -0.2) is 32.0 Å². The van der Waals surface area contributed by atoms with Gasteiger partial charge in [-0.2, -0.15) is 0 Å². The molecule has 0 fully saturated rings. The van der Waals surface area contributed by atoms with Gasteiger partial charge in [-0.05, 0) is 42.8 Å². The summed E-state index contributed by atoms with van der Waals surface area (Å²) in [5.41, 5.74) is 3.90. The molecule has 4 rings (SSSR count). The molecule has 8 heteroatoms. The number of anilines is 1. The van der Waals surface area contributed by atoms with Gasteiger partial charge in [0, 0.05) is 29.7 Å². The lowest BCUT2D eigenvalue weighted by atomic mass is 10.1. The predicted molar refractivity (Wildman–Crippen MR) is 116 cm³/mol. The van der Waals surface area contributed by atoms with Gasteiger partial charge in [-0.1, -0.05) is 18.2 Å². The molecule has 0 atom stereocenters. The smallest absolute Gasteiger partial charge is 0.265 e. The number of ether oxygens (including phenoxy) is 2. The van der Waals surface area contributed by atoms with E-state index in [4.69, 9.17) is 9.47 Å². The van der Waals surface area contributed by atoms with Crippen molar-refractivity contribution in [3.05, 3.63) is 72.6 Å². The molecule has 2 aromatic heterocycles. The van der Waals surface area contributed by atoms with Crippen LogP contribution in [0, 0.1) is 6.92 Å². The molecule has 0 amide bonds. The number of aromatic nitrogens is 2. The van der Waals surface area contributed by atoms with Crippen LogP contribution in [0.15, 0.2) is 71.9 Å². The van der Waals surface area contributed by atoms with E-state index in [9.17, 15) is 8.42 Å². The Morgan fingerprint density at radius 1 is 1.00 bits per heavy atom. The highest BCUT2D eigenvalue weighted by molar-refractivity contribution is 7.92. The minimum atomic E-state index is -3.90. The summed E-state index contributed by atoms with van der Waals surface area (Å²) in [7, 11) is -0.998. The average Bonchev–Trinajstić information content (AvgIpc) is 3.19. The molecule has 4 aromatic rings. The van der Waals surface area contributed by atoms with E-state index in [-0.39, 0.29) is 10.6 Å². The Kier molecular flexibility index (Phi) is 5.09. The highest BCUT2D eigenvalue weighted by Crippen LogP contribution is 2.31. The predicted octanol–water partition coefficient (Wildman–Crippen LogP) is 4.13. The highest BCUT2D eigenvalue weighted by atomic mass is 32.2. The molecule has 0 bridgehead atoms. The van der Waals surface area contributed by atoms with E-state index in [0.29, 0.717) is 11.4 Å². The Balaban J connectivity index is 1.70. The van der Waals surface area contributed by atoms with E-state index in [0.717, 1.165) is 22.5 Å². The molecule has 0 saturated heterocycles. The number of nitrogens with one attached hydrogen (secondary N) is 1. The summed E-state index contributed by atoms with van der Waals surface area (Å²) in [4.78, 5) is 4.68. The first kappa shape index (κ1) is 19.8. The fourth-order valence-electron chi connectivity index (χ4n) is 3.24. The number of hydrogen-bond donors (Lipinski definition) is 1. The molecule has 30 heavy (non-hydrogen) atoms. The molecule has 0 aliphatic rings. The minimum Gasteiger partial charge on any atom is -0.497 e. The highest BCUT2D eigenvalue weighted by Gasteiger charge is 2.21. The van der Waals surface area contributed by atoms with Crippen LogP contribution in [0.1, 0.15) is 5.56 Å². The van der Waals surface area contributed by atoms with Crippen molar-refractivity contribution in [2.75, 3.05) is 18.9 Å². The number of pyridine rings is 1. The van der Waals surface area contributed by atoms with Crippen LogP contribution >= 0.6 is 0 Å². The lowest BCUT2D eigenvalue weighted by molar-refractivity contribution is 0.392. The number of methoxy groups -OCH3 is 2. The zero-order valence-corrected chi connectivity index (χ0v) is 17.6. The van der Waals surface area contributed by atoms with Crippen molar-refractivity contribution < 1.29 is 17.9 Å². The average molecular weight is 423 g/mol. The Labute approximate surface area is 175 Å². The maximum Gasteiger partial charge on any atom is 0.265 e. The lowest BCUT2D eigenvalue weighted by Crippen LogP contribution is -2.14. The molecule has 0 aliphatic carbocycles. The number of sulfonamides is 1. The van der Waals surface area contributed by atoms with Gasteiger partial charge in [0.25, 0.3) is 10.0 Å². The van der Waals surface area contributed by atoms with Crippen molar-refractivity contribution in [3.63, 3.8) is 0 Å². The third kappa shape index (κ3) is 3.69. The second kappa shape index (κ2) is 7.72. The fourth-order valence-corrected chi connectivity index (χ4v) is 4.47. The maximum absolute atomic E-state index is 13.0. The van der Waals surface area contributed by atoms with Crippen molar-refractivity contribution in [3.8, 4) is 22.8 Å². The Morgan fingerprint density at radius 3 is 2.57 bits per heavy atom. The van der Waals surface area contributed by atoms with E-state index in [1.54, 1.807) is 30.3 Å². The van der Waals surface area contributed by atoms with Gasteiger partial charge < -0.3 is 13.9 Å². The molecule has 1 N–H and O–H groups in total. The second-order valence-corrected chi connectivity index (χ2v) is 8.40. The van der Waals surface area contributed by atoms with Crippen molar-refractivity contribution in [1.29, 1.82) is 0 Å². The zero-order valence-electron chi connectivity index (χ0n) is 16.8. The van der Waals surface area contributed by atoms with Crippen LogP contribution in [0.25, 0.3) is 16.9 Å². The third-order valence-corrected chi connectivity index (χ3v) is 6.15. The Hall–Kier alpha value is -3.52. The summed E-state index contributed by atoms with van der Waals surface area (Å²) >= 11 is 0. The summed E-state index contributed by atoms with van der Waals surface area (Å²) in [5, 5.41) is 0. The number of rotatable bonds is 6. The van der Waals surface area contributed by atoms with Gasteiger partial charge in [-0.3, -0.25) is 4.72 Å². The topological polar surface area (TPSA) is 81.9 Å². The first-order valence-electron chi connectivity index (χ1n) is 9.21. The van der Waals surface area contributed by atoms with E-state index in [1.165, 1.54) is 20.3 Å². The van der Waals surface area contributed by atoms with Gasteiger partial charge in [0.15, 0.2) is 0 Å². The maximum atomic E-state index is 13.0. The molecule has 0 unspecified atom stereocenters. The molecular weight excluding hydrogens is 402 g/mol. The van der Waals surface area contributed by atoms with Gasteiger partial charge in [-0.25, -0.2) is 13.4 Å². The van der Waals surface area contributed by atoms with Crippen LogP contribution in [-0.2, 0) is 10.0 Å². The molecule has 154 valence electrons. The lowest BCUT2D eigenvalue weighted by Gasteiger charge is -2.13. The fraction of sp³-hybridized carbons (Fsp3) is 0.136. The number of benzene rings is 2. The van der Waals surface area contributed by atoms with Crippen LogP contribution < -0.4 is 14.2 Å². The summed E-state index contributed by atoms with van der Waals surface area (Å²) in [6, 6.07) is 15.7. The monoisotopic (exact) mass is 423 g/mol. The first-order chi connectivity index (χ1) is 14.4.